The minimum absolute atomic E-state index is 0.0354. The summed E-state index contributed by atoms with van der Waals surface area (Å²) in [4.78, 5) is 30.1. The number of aliphatic hydroxyl groups is 1. The van der Waals surface area contributed by atoms with Gasteiger partial charge in [0.15, 0.2) is 18.0 Å². The summed E-state index contributed by atoms with van der Waals surface area (Å²) < 4.78 is 26.9. The van der Waals surface area contributed by atoms with E-state index in [1.165, 1.54) is 10.8 Å². The van der Waals surface area contributed by atoms with Crippen molar-refractivity contribution in [1.82, 2.24) is 14.5 Å². The van der Waals surface area contributed by atoms with Crippen LogP contribution in [0.4, 0.5) is 10.3 Å². The number of nitrogens with two attached hydrogens (primary N) is 1. The van der Waals surface area contributed by atoms with Crippen LogP contribution in [-0.2, 0) is 20.0 Å². The number of nitrogens with zero attached hydrogens (tertiary/aromatic N) is 2. The Morgan fingerprint density at radius 1 is 1.59 bits per heavy atom. The zero-order valence-electron chi connectivity index (χ0n) is 14.8. The predicted octanol–water partition coefficient (Wildman–Crippen LogP) is 1.28. The van der Waals surface area contributed by atoms with Crippen LogP contribution in [0, 0.1) is 5.92 Å². The smallest absolute Gasteiger partial charge is 0.308 e. The Bertz CT molecular complexity index is 945. The molecule has 0 unspecified atom stereocenters. The van der Waals surface area contributed by atoms with Gasteiger partial charge in [-0.15, -0.1) is 0 Å². The fourth-order valence-corrected chi connectivity index (χ4v) is 3.31. The number of rotatable bonds is 5. The zero-order chi connectivity index (χ0) is 20.0. The number of carbonyl (C=O) groups excluding carboxylic acids is 1. The van der Waals surface area contributed by atoms with Gasteiger partial charge >= 0.3 is 5.97 Å². The molecule has 0 spiro atoms. The number of ether oxygens (including phenoxy) is 2. The number of halogens is 2. The van der Waals surface area contributed by atoms with Gasteiger partial charge in [-0.05, 0) is 0 Å². The predicted molar refractivity (Wildman–Crippen MR) is 94.8 cm³/mol. The van der Waals surface area contributed by atoms with E-state index in [0.29, 0.717) is 0 Å². The average molecular weight is 403 g/mol. The average Bonchev–Trinajstić information content (AvgIpc) is 3.11. The summed E-state index contributed by atoms with van der Waals surface area (Å²) in [5.74, 6) is -3.44. The highest BCUT2D eigenvalue weighted by Crippen LogP contribution is 2.44. The summed E-state index contributed by atoms with van der Waals surface area (Å²) in [6.07, 6.45) is 1.22. The first-order valence-electron chi connectivity index (χ1n) is 8.34. The third-order valence-corrected chi connectivity index (χ3v) is 4.76. The van der Waals surface area contributed by atoms with Gasteiger partial charge in [0.05, 0.1) is 17.5 Å². The van der Waals surface area contributed by atoms with Crippen molar-refractivity contribution in [3.05, 3.63) is 21.6 Å². The van der Waals surface area contributed by atoms with Crippen molar-refractivity contribution in [2.45, 2.75) is 38.3 Å². The first-order chi connectivity index (χ1) is 12.6. The van der Waals surface area contributed by atoms with E-state index in [9.17, 15) is 14.7 Å². The van der Waals surface area contributed by atoms with Crippen molar-refractivity contribution in [1.29, 1.82) is 0 Å². The number of hydrogen-bond acceptors (Lipinski definition) is 7. The molecule has 3 heterocycles. The van der Waals surface area contributed by atoms with E-state index in [1.54, 1.807) is 13.8 Å². The Hall–Kier alpha value is -2.17. The lowest BCUT2D eigenvalue weighted by Crippen LogP contribution is -2.41. The summed E-state index contributed by atoms with van der Waals surface area (Å²) in [5.41, 5.74) is 3.51. The maximum atomic E-state index is 15.1. The molecule has 0 radical (unpaired) electrons. The standard InChI is InChI=1S/C16H20ClFN4O5/c1-8(2)13(25)26-7-15(18)3-4-16(6-23,27-15)22-5-9(17)10-11(22)20-14(19)21-12(10)24/h5,8,23H,3-4,6-7H2,1-2H3,(H3,19,20,21,24)/t15-,16-/m0/s1. The highest BCUT2D eigenvalue weighted by Gasteiger charge is 2.52. The topological polar surface area (TPSA) is 132 Å². The van der Waals surface area contributed by atoms with Gasteiger partial charge in [-0.1, -0.05) is 25.4 Å². The van der Waals surface area contributed by atoms with Crippen LogP contribution in [0.25, 0.3) is 11.0 Å². The van der Waals surface area contributed by atoms with Crippen molar-refractivity contribution in [2.75, 3.05) is 18.9 Å². The number of aromatic amines is 1. The molecule has 2 aromatic heterocycles. The summed E-state index contributed by atoms with van der Waals surface area (Å²) in [6, 6.07) is 0. The SMILES string of the molecule is CC(C)C(=O)OC[C@]1(F)CC[C@](CO)(n2cc(Cl)c3c(=O)[nH]c(N)nc32)O1. The Morgan fingerprint density at radius 3 is 2.93 bits per heavy atom. The van der Waals surface area contributed by atoms with Crippen molar-refractivity contribution in [3.8, 4) is 0 Å². The van der Waals surface area contributed by atoms with Crippen LogP contribution in [0.2, 0.25) is 5.02 Å². The minimum atomic E-state index is -2.30. The third-order valence-electron chi connectivity index (χ3n) is 4.48. The van der Waals surface area contributed by atoms with E-state index in [0.717, 1.165) is 0 Å². The van der Waals surface area contributed by atoms with Crippen molar-refractivity contribution < 1.29 is 23.8 Å². The summed E-state index contributed by atoms with van der Waals surface area (Å²) in [5, 5.41) is 10.1. The van der Waals surface area contributed by atoms with Gasteiger partial charge in [0.2, 0.25) is 11.8 Å². The molecule has 0 amide bonds. The van der Waals surface area contributed by atoms with Crippen molar-refractivity contribution >= 4 is 34.6 Å². The lowest BCUT2D eigenvalue weighted by atomic mass is 10.1. The molecule has 2 atom stereocenters. The molecule has 2 aromatic rings. The van der Waals surface area contributed by atoms with E-state index < -0.39 is 42.2 Å². The molecule has 9 nitrogen and oxygen atoms in total. The van der Waals surface area contributed by atoms with Crippen LogP contribution in [0.1, 0.15) is 26.7 Å². The second kappa shape index (κ2) is 6.77. The van der Waals surface area contributed by atoms with Crippen LogP contribution >= 0.6 is 11.6 Å². The second-order valence-corrected chi connectivity index (χ2v) is 7.26. The fourth-order valence-electron chi connectivity index (χ4n) is 3.05. The highest BCUT2D eigenvalue weighted by molar-refractivity contribution is 6.35. The van der Waals surface area contributed by atoms with Crippen LogP contribution in [-0.4, -0.2) is 44.7 Å². The number of alkyl halides is 1. The first-order valence-corrected chi connectivity index (χ1v) is 8.72. The molecule has 0 saturated carbocycles. The van der Waals surface area contributed by atoms with E-state index in [4.69, 9.17) is 26.8 Å². The fraction of sp³-hybridized carbons (Fsp3) is 0.562. The lowest BCUT2D eigenvalue weighted by Gasteiger charge is -2.31. The maximum absolute atomic E-state index is 15.1. The number of anilines is 1. The largest absolute Gasteiger partial charge is 0.459 e. The van der Waals surface area contributed by atoms with Crippen LogP contribution in [0.5, 0.6) is 0 Å². The number of carbonyl (C=O) groups is 1. The first kappa shape index (κ1) is 19.6. The molecule has 1 saturated heterocycles. The third kappa shape index (κ3) is 3.40. The number of nitrogens with one attached hydrogen (secondary N) is 1. The number of aliphatic hydroxyl groups excluding tert-OH is 1. The number of aromatic nitrogens is 3. The van der Waals surface area contributed by atoms with Gasteiger partial charge in [0.1, 0.15) is 5.39 Å². The number of H-pyrrole nitrogens is 1. The van der Waals surface area contributed by atoms with Gasteiger partial charge in [0, 0.05) is 19.0 Å². The molecule has 1 aliphatic rings. The number of nitrogen functional groups attached to an aromatic ring is 1. The maximum Gasteiger partial charge on any atom is 0.308 e. The monoisotopic (exact) mass is 402 g/mol. The Balaban J connectivity index is 1.97. The molecule has 11 heteroatoms. The van der Waals surface area contributed by atoms with Gasteiger partial charge in [0.25, 0.3) is 5.56 Å². The second-order valence-electron chi connectivity index (χ2n) is 6.85. The normalized spacial score (nSPS) is 25.4. The van der Waals surface area contributed by atoms with Gasteiger partial charge in [-0.3, -0.25) is 19.1 Å². The Labute approximate surface area is 158 Å². The summed E-state index contributed by atoms with van der Waals surface area (Å²) >= 11 is 6.12. The quantitative estimate of drug-likeness (QED) is 0.641. The number of hydrogen-bond donors (Lipinski definition) is 3. The van der Waals surface area contributed by atoms with Gasteiger partial charge < -0.3 is 20.3 Å². The summed E-state index contributed by atoms with van der Waals surface area (Å²) in [6.45, 7) is 2.02. The lowest BCUT2D eigenvalue weighted by molar-refractivity contribution is -0.239. The van der Waals surface area contributed by atoms with E-state index in [-0.39, 0.29) is 34.8 Å². The van der Waals surface area contributed by atoms with Gasteiger partial charge in [-0.25, -0.2) is 4.39 Å². The minimum Gasteiger partial charge on any atom is -0.459 e. The van der Waals surface area contributed by atoms with Crippen LogP contribution in [0.15, 0.2) is 11.0 Å². The van der Waals surface area contributed by atoms with Crippen molar-refractivity contribution in [2.24, 2.45) is 5.92 Å². The van der Waals surface area contributed by atoms with E-state index in [1.807, 2.05) is 0 Å². The van der Waals surface area contributed by atoms with Crippen LogP contribution in [0.3, 0.4) is 0 Å². The molecule has 27 heavy (non-hydrogen) atoms. The number of esters is 1. The summed E-state index contributed by atoms with van der Waals surface area (Å²) in [7, 11) is 0. The molecule has 4 N–H and O–H groups in total. The molecule has 0 bridgehead atoms. The molecule has 148 valence electrons. The molecule has 1 fully saturated rings. The Kier molecular flexibility index (Phi) is 4.91. The molecule has 0 aliphatic carbocycles. The molecular weight excluding hydrogens is 383 g/mol. The molecular formula is C16H20ClFN4O5. The van der Waals surface area contributed by atoms with Crippen LogP contribution < -0.4 is 11.3 Å². The molecule has 3 rings (SSSR count). The highest BCUT2D eigenvalue weighted by atomic mass is 35.5. The van der Waals surface area contributed by atoms with Gasteiger partial charge in [-0.2, -0.15) is 4.98 Å². The van der Waals surface area contributed by atoms with Crippen molar-refractivity contribution in [3.63, 3.8) is 0 Å². The number of fused-ring (bicyclic) bond motifs is 1. The molecule has 1 aliphatic heterocycles. The molecule has 0 aromatic carbocycles. The Morgan fingerprint density at radius 2 is 2.30 bits per heavy atom. The zero-order valence-corrected chi connectivity index (χ0v) is 15.5. The van der Waals surface area contributed by atoms with E-state index >= 15 is 4.39 Å². The van der Waals surface area contributed by atoms with E-state index in [2.05, 4.69) is 9.97 Å².